The van der Waals surface area contributed by atoms with Crippen LogP contribution < -0.4 is 5.32 Å². The summed E-state index contributed by atoms with van der Waals surface area (Å²) < 4.78 is 13.3. The molecule has 0 spiro atoms. The van der Waals surface area contributed by atoms with Crippen LogP contribution in [0.15, 0.2) is 24.3 Å². The minimum atomic E-state index is -0.169. The zero-order valence-electron chi connectivity index (χ0n) is 8.47. The third-order valence-electron chi connectivity index (χ3n) is 2.05. The third kappa shape index (κ3) is 2.86. The highest BCUT2D eigenvalue weighted by Gasteiger charge is 2.07. The predicted octanol–water partition coefficient (Wildman–Crippen LogP) is 2.50. The zero-order valence-corrected chi connectivity index (χ0v) is 8.47. The van der Waals surface area contributed by atoms with Crippen molar-refractivity contribution in [3.8, 4) is 11.8 Å². The maximum atomic E-state index is 13.3. The Morgan fingerprint density at radius 2 is 2.14 bits per heavy atom. The minimum absolute atomic E-state index is 0.00273. The van der Waals surface area contributed by atoms with Gasteiger partial charge in [0.15, 0.2) is 0 Å². The van der Waals surface area contributed by atoms with Crippen molar-refractivity contribution in [2.45, 2.75) is 19.9 Å². The van der Waals surface area contributed by atoms with Gasteiger partial charge in [0, 0.05) is 11.6 Å². The zero-order chi connectivity index (χ0) is 10.4. The highest BCUT2D eigenvalue weighted by atomic mass is 19.1. The van der Waals surface area contributed by atoms with Crippen LogP contribution in [0.25, 0.3) is 0 Å². The van der Waals surface area contributed by atoms with Gasteiger partial charge in [-0.05, 0) is 19.9 Å². The van der Waals surface area contributed by atoms with Crippen LogP contribution in [0.1, 0.15) is 25.5 Å². The Bertz CT molecular complexity index is 349. The van der Waals surface area contributed by atoms with E-state index in [2.05, 4.69) is 17.2 Å². The van der Waals surface area contributed by atoms with Crippen LogP contribution in [-0.2, 0) is 0 Å². The van der Waals surface area contributed by atoms with Crippen LogP contribution in [0.2, 0.25) is 0 Å². The van der Waals surface area contributed by atoms with Crippen molar-refractivity contribution in [3.63, 3.8) is 0 Å². The minimum Gasteiger partial charge on any atom is -0.299 e. The molecule has 74 valence electrons. The lowest BCUT2D eigenvalue weighted by atomic mass is 10.1. The molecule has 1 aromatic rings. The van der Waals surface area contributed by atoms with Crippen LogP contribution in [0, 0.1) is 17.7 Å². The summed E-state index contributed by atoms with van der Waals surface area (Å²) in [7, 11) is 0. The molecule has 0 saturated heterocycles. The lowest BCUT2D eigenvalue weighted by molar-refractivity contribution is 0.551. The molecule has 1 N–H and O–H groups in total. The monoisotopic (exact) mass is 191 g/mol. The van der Waals surface area contributed by atoms with E-state index in [9.17, 15) is 4.39 Å². The number of halogens is 1. The molecule has 0 heterocycles. The molecule has 1 rings (SSSR count). The molecule has 2 heteroatoms. The Balaban J connectivity index is 2.63. The molecule has 1 atom stereocenters. The molecule has 0 saturated carbocycles. The number of benzene rings is 1. The molecule has 0 bridgehead atoms. The van der Waals surface area contributed by atoms with Crippen LogP contribution >= 0.6 is 0 Å². The van der Waals surface area contributed by atoms with Gasteiger partial charge in [-0.25, -0.2) is 4.39 Å². The van der Waals surface area contributed by atoms with E-state index in [1.54, 1.807) is 19.1 Å². The quantitative estimate of drug-likeness (QED) is 0.724. The molecule has 0 radical (unpaired) electrons. The van der Waals surface area contributed by atoms with Crippen molar-refractivity contribution in [1.29, 1.82) is 0 Å². The van der Waals surface area contributed by atoms with E-state index in [4.69, 9.17) is 0 Å². The molecular formula is C12H14FN. The lowest BCUT2D eigenvalue weighted by Gasteiger charge is -2.12. The summed E-state index contributed by atoms with van der Waals surface area (Å²) in [6.07, 6.45) is 0. The number of rotatable bonds is 3. The molecule has 0 aromatic heterocycles. The topological polar surface area (TPSA) is 12.0 Å². The van der Waals surface area contributed by atoms with Gasteiger partial charge in [-0.3, -0.25) is 5.32 Å². The van der Waals surface area contributed by atoms with E-state index in [1.165, 1.54) is 6.07 Å². The Morgan fingerprint density at radius 1 is 1.43 bits per heavy atom. The molecule has 0 amide bonds. The fourth-order valence-corrected chi connectivity index (χ4v) is 1.23. The first-order valence-corrected chi connectivity index (χ1v) is 4.63. The Hall–Kier alpha value is -1.33. The molecule has 0 fully saturated rings. The smallest absolute Gasteiger partial charge is 0.127 e. The second-order valence-corrected chi connectivity index (χ2v) is 3.05. The van der Waals surface area contributed by atoms with E-state index >= 15 is 0 Å². The fraction of sp³-hybridized carbons (Fsp3) is 0.333. The molecule has 0 aliphatic carbocycles. The molecule has 0 aliphatic rings. The van der Waals surface area contributed by atoms with Crippen LogP contribution in [-0.4, -0.2) is 6.54 Å². The second kappa shape index (κ2) is 5.41. The van der Waals surface area contributed by atoms with Gasteiger partial charge in [0.05, 0.1) is 6.54 Å². The average Bonchev–Trinajstić information content (AvgIpc) is 2.18. The molecule has 0 unspecified atom stereocenters. The average molecular weight is 191 g/mol. The highest BCUT2D eigenvalue weighted by Crippen LogP contribution is 2.15. The van der Waals surface area contributed by atoms with Crippen molar-refractivity contribution in [2.24, 2.45) is 0 Å². The van der Waals surface area contributed by atoms with Gasteiger partial charge < -0.3 is 0 Å². The van der Waals surface area contributed by atoms with Crippen LogP contribution in [0.3, 0.4) is 0 Å². The van der Waals surface area contributed by atoms with Gasteiger partial charge in [-0.2, -0.15) is 0 Å². The molecular weight excluding hydrogens is 177 g/mol. The molecule has 0 aliphatic heterocycles. The lowest BCUT2D eigenvalue weighted by Crippen LogP contribution is -2.19. The summed E-state index contributed by atoms with van der Waals surface area (Å²) in [6.45, 7) is 4.30. The first kappa shape index (κ1) is 10.7. The van der Waals surface area contributed by atoms with Gasteiger partial charge in [0.2, 0.25) is 0 Å². The Morgan fingerprint density at radius 3 is 2.79 bits per heavy atom. The Labute approximate surface area is 84.3 Å². The van der Waals surface area contributed by atoms with Gasteiger partial charge in [0.1, 0.15) is 5.82 Å². The molecule has 1 aromatic carbocycles. The fourth-order valence-electron chi connectivity index (χ4n) is 1.23. The maximum absolute atomic E-state index is 13.3. The van der Waals surface area contributed by atoms with Gasteiger partial charge >= 0.3 is 0 Å². The molecule has 1 nitrogen and oxygen atoms in total. The van der Waals surface area contributed by atoms with Crippen molar-refractivity contribution in [1.82, 2.24) is 5.32 Å². The number of hydrogen-bond donors (Lipinski definition) is 1. The third-order valence-corrected chi connectivity index (χ3v) is 2.05. The first-order valence-electron chi connectivity index (χ1n) is 4.63. The number of nitrogens with one attached hydrogen (secondary N) is 1. The largest absolute Gasteiger partial charge is 0.299 e. The second-order valence-electron chi connectivity index (χ2n) is 3.05. The Kier molecular flexibility index (Phi) is 4.15. The van der Waals surface area contributed by atoms with E-state index < -0.39 is 0 Å². The number of hydrogen-bond acceptors (Lipinski definition) is 1. The van der Waals surface area contributed by atoms with E-state index in [1.807, 2.05) is 13.0 Å². The van der Waals surface area contributed by atoms with E-state index in [0.29, 0.717) is 12.1 Å². The summed E-state index contributed by atoms with van der Waals surface area (Å²) >= 11 is 0. The highest BCUT2D eigenvalue weighted by molar-refractivity contribution is 5.20. The van der Waals surface area contributed by atoms with Gasteiger partial charge in [-0.1, -0.05) is 24.1 Å². The van der Waals surface area contributed by atoms with Crippen molar-refractivity contribution < 1.29 is 4.39 Å². The SMILES string of the molecule is CC#CCN[C@H](C)c1ccccc1F. The van der Waals surface area contributed by atoms with Crippen molar-refractivity contribution in [2.75, 3.05) is 6.54 Å². The van der Waals surface area contributed by atoms with Crippen LogP contribution in [0.5, 0.6) is 0 Å². The standard InChI is InChI=1S/C12H14FN/c1-3-4-9-14-10(2)11-7-5-6-8-12(11)13/h5-8,10,14H,9H2,1-2H3/t10-/m1/s1. The molecule has 14 heavy (non-hydrogen) atoms. The van der Waals surface area contributed by atoms with E-state index in [-0.39, 0.29) is 11.9 Å². The summed E-state index contributed by atoms with van der Waals surface area (Å²) in [6, 6.07) is 6.78. The van der Waals surface area contributed by atoms with Gasteiger partial charge in [0.25, 0.3) is 0 Å². The summed E-state index contributed by atoms with van der Waals surface area (Å²) in [4.78, 5) is 0. The first-order chi connectivity index (χ1) is 6.75. The van der Waals surface area contributed by atoms with Crippen LogP contribution in [0.4, 0.5) is 4.39 Å². The van der Waals surface area contributed by atoms with Gasteiger partial charge in [-0.15, -0.1) is 5.92 Å². The maximum Gasteiger partial charge on any atom is 0.127 e. The van der Waals surface area contributed by atoms with Crippen molar-refractivity contribution in [3.05, 3.63) is 35.6 Å². The normalized spacial score (nSPS) is 11.6. The summed E-state index contributed by atoms with van der Waals surface area (Å²) in [5.41, 5.74) is 0.686. The predicted molar refractivity (Wildman–Crippen MR) is 56.3 cm³/mol. The van der Waals surface area contributed by atoms with Crippen molar-refractivity contribution >= 4 is 0 Å². The summed E-state index contributed by atoms with van der Waals surface area (Å²) in [5, 5.41) is 3.13. The summed E-state index contributed by atoms with van der Waals surface area (Å²) in [5.74, 6) is 5.50. The van der Waals surface area contributed by atoms with E-state index in [0.717, 1.165) is 0 Å².